The summed E-state index contributed by atoms with van der Waals surface area (Å²) >= 11 is 0. The third-order valence-corrected chi connectivity index (χ3v) is 3.91. The van der Waals surface area contributed by atoms with Crippen LogP contribution in [-0.2, 0) is 6.54 Å². The lowest BCUT2D eigenvalue weighted by atomic mass is 10.1. The Labute approximate surface area is 160 Å². The van der Waals surface area contributed by atoms with Gasteiger partial charge in [-0.05, 0) is 38.5 Å². The molecule has 3 rings (SSSR count). The van der Waals surface area contributed by atoms with Gasteiger partial charge in [-0.3, -0.25) is 0 Å². The lowest BCUT2D eigenvalue weighted by Gasteiger charge is -2.22. The maximum Gasteiger partial charge on any atom is 0.225 e. The Bertz CT molecular complexity index is 871. The minimum Gasteiger partial charge on any atom is -0.497 e. The summed E-state index contributed by atoms with van der Waals surface area (Å²) in [6.45, 7) is 6.97. The van der Waals surface area contributed by atoms with Crippen molar-refractivity contribution in [3.8, 4) is 17.0 Å². The lowest BCUT2D eigenvalue weighted by Crippen LogP contribution is -2.27. The number of benzene rings is 2. The van der Waals surface area contributed by atoms with Crippen LogP contribution in [0.25, 0.3) is 11.3 Å². The number of ether oxygens (including phenoxy) is 1. The Kier molecular flexibility index (Phi) is 5.60. The van der Waals surface area contributed by atoms with Gasteiger partial charge in [0.2, 0.25) is 5.95 Å². The van der Waals surface area contributed by atoms with Crippen LogP contribution in [0, 0.1) is 0 Å². The molecule has 1 aromatic heterocycles. The van der Waals surface area contributed by atoms with E-state index >= 15 is 0 Å². The fourth-order valence-electron chi connectivity index (χ4n) is 2.66. The molecule has 0 aliphatic rings. The van der Waals surface area contributed by atoms with Gasteiger partial charge in [-0.1, -0.05) is 42.5 Å². The fourth-order valence-corrected chi connectivity index (χ4v) is 2.66. The first kappa shape index (κ1) is 18.7. The molecule has 0 fully saturated rings. The van der Waals surface area contributed by atoms with E-state index in [-0.39, 0.29) is 5.54 Å². The van der Waals surface area contributed by atoms with Crippen molar-refractivity contribution in [1.82, 2.24) is 9.97 Å². The number of hydrogen-bond acceptors (Lipinski definition) is 5. The number of hydrogen-bond donors (Lipinski definition) is 2. The van der Waals surface area contributed by atoms with Crippen LogP contribution in [0.15, 0.2) is 60.7 Å². The first-order valence-electron chi connectivity index (χ1n) is 9.02. The highest BCUT2D eigenvalue weighted by Crippen LogP contribution is 2.23. The Morgan fingerprint density at radius 1 is 0.926 bits per heavy atom. The molecule has 0 spiro atoms. The average Bonchev–Trinajstić information content (AvgIpc) is 2.66. The molecule has 0 radical (unpaired) electrons. The molecule has 140 valence electrons. The van der Waals surface area contributed by atoms with Crippen LogP contribution in [0.2, 0.25) is 0 Å². The highest BCUT2D eigenvalue weighted by atomic mass is 16.5. The Hall–Kier alpha value is -3.08. The van der Waals surface area contributed by atoms with Gasteiger partial charge in [0.1, 0.15) is 11.6 Å². The molecule has 5 heteroatoms. The standard InChI is InChI=1S/C22H26N4O/c1-22(2,3)26-20-14-19(17-8-6-5-7-9-17)24-21(25-20)23-15-16-10-12-18(27-4)13-11-16/h5-14H,15H2,1-4H3,(H2,23,24,25,26). The molecule has 2 N–H and O–H groups in total. The molecule has 2 aromatic carbocycles. The summed E-state index contributed by atoms with van der Waals surface area (Å²) in [4.78, 5) is 9.33. The molecule has 0 aliphatic carbocycles. The summed E-state index contributed by atoms with van der Waals surface area (Å²) in [6.07, 6.45) is 0. The van der Waals surface area contributed by atoms with Crippen molar-refractivity contribution < 1.29 is 4.74 Å². The normalized spacial score (nSPS) is 11.1. The van der Waals surface area contributed by atoms with Crippen molar-refractivity contribution in [1.29, 1.82) is 0 Å². The van der Waals surface area contributed by atoms with Gasteiger partial charge in [0.25, 0.3) is 0 Å². The van der Waals surface area contributed by atoms with Gasteiger partial charge in [0.05, 0.1) is 12.8 Å². The summed E-state index contributed by atoms with van der Waals surface area (Å²) in [6, 6.07) is 20.1. The van der Waals surface area contributed by atoms with Crippen LogP contribution in [-0.4, -0.2) is 22.6 Å². The van der Waals surface area contributed by atoms with Gasteiger partial charge < -0.3 is 15.4 Å². The van der Waals surface area contributed by atoms with E-state index in [4.69, 9.17) is 9.72 Å². The second-order valence-electron chi connectivity index (χ2n) is 7.40. The van der Waals surface area contributed by atoms with Crippen LogP contribution in [0.3, 0.4) is 0 Å². The molecule has 0 aliphatic heterocycles. The summed E-state index contributed by atoms with van der Waals surface area (Å²) in [5, 5.41) is 6.77. The average molecular weight is 362 g/mol. The smallest absolute Gasteiger partial charge is 0.225 e. The number of methoxy groups -OCH3 is 1. The first-order valence-corrected chi connectivity index (χ1v) is 9.02. The number of rotatable bonds is 6. The first-order chi connectivity index (χ1) is 12.9. The minimum absolute atomic E-state index is 0.0877. The van der Waals surface area contributed by atoms with Crippen LogP contribution in [0.4, 0.5) is 11.8 Å². The van der Waals surface area contributed by atoms with Gasteiger partial charge in [0, 0.05) is 23.7 Å². The molecule has 0 saturated heterocycles. The maximum absolute atomic E-state index is 5.21. The second kappa shape index (κ2) is 8.08. The van der Waals surface area contributed by atoms with Crippen LogP contribution in [0.5, 0.6) is 5.75 Å². The highest BCUT2D eigenvalue weighted by Gasteiger charge is 2.13. The molecule has 27 heavy (non-hydrogen) atoms. The molecular formula is C22H26N4O. The Balaban J connectivity index is 1.85. The largest absolute Gasteiger partial charge is 0.497 e. The van der Waals surface area contributed by atoms with E-state index in [2.05, 4.69) is 48.5 Å². The van der Waals surface area contributed by atoms with Gasteiger partial charge in [-0.15, -0.1) is 0 Å². The van der Waals surface area contributed by atoms with Gasteiger partial charge in [0.15, 0.2) is 0 Å². The van der Waals surface area contributed by atoms with E-state index in [1.165, 1.54) is 0 Å². The van der Waals surface area contributed by atoms with E-state index < -0.39 is 0 Å². The molecule has 0 atom stereocenters. The summed E-state index contributed by atoms with van der Waals surface area (Å²) in [5.41, 5.74) is 2.99. The second-order valence-corrected chi connectivity index (χ2v) is 7.40. The molecule has 3 aromatic rings. The summed E-state index contributed by atoms with van der Waals surface area (Å²) in [5.74, 6) is 2.24. The van der Waals surface area contributed by atoms with Gasteiger partial charge >= 0.3 is 0 Å². The quantitative estimate of drug-likeness (QED) is 0.648. The van der Waals surface area contributed by atoms with Crippen molar-refractivity contribution in [3.05, 3.63) is 66.2 Å². The molecule has 5 nitrogen and oxygen atoms in total. The van der Waals surface area contributed by atoms with E-state index in [1.54, 1.807) is 7.11 Å². The zero-order chi connectivity index (χ0) is 19.3. The van der Waals surface area contributed by atoms with Gasteiger partial charge in [-0.2, -0.15) is 4.98 Å². The monoisotopic (exact) mass is 362 g/mol. The summed E-state index contributed by atoms with van der Waals surface area (Å²) in [7, 11) is 1.67. The fraction of sp³-hybridized carbons (Fsp3) is 0.273. The molecule has 0 bridgehead atoms. The van der Waals surface area contributed by atoms with E-state index in [1.807, 2.05) is 48.5 Å². The maximum atomic E-state index is 5.21. The van der Waals surface area contributed by atoms with Crippen molar-refractivity contribution in [2.75, 3.05) is 17.7 Å². The van der Waals surface area contributed by atoms with Gasteiger partial charge in [-0.25, -0.2) is 4.98 Å². The zero-order valence-electron chi connectivity index (χ0n) is 16.3. The van der Waals surface area contributed by atoms with E-state index in [0.29, 0.717) is 12.5 Å². The number of nitrogens with one attached hydrogen (secondary N) is 2. The minimum atomic E-state index is -0.0877. The molecule has 0 amide bonds. The zero-order valence-corrected chi connectivity index (χ0v) is 16.3. The molecular weight excluding hydrogens is 336 g/mol. The van der Waals surface area contributed by atoms with E-state index in [0.717, 1.165) is 28.4 Å². The summed E-state index contributed by atoms with van der Waals surface area (Å²) < 4.78 is 5.21. The van der Waals surface area contributed by atoms with E-state index in [9.17, 15) is 0 Å². The van der Waals surface area contributed by atoms with Crippen molar-refractivity contribution in [2.45, 2.75) is 32.9 Å². The Morgan fingerprint density at radius 2 is 1.63 bits per heavy atom. The molecule has 0 unspecified atom stereocenters. The van der Waals surface area contributed by atoms with Crippen molar-refractivity contribution in [2.24, 2.45) is 0 Å². The number of aromatic nitrogens is 2. The predicted molar refractivity (Wildman–Crippen MR) is 111 cm³/mol. The topological polar surface area (TPSA) is 59.1 Å². The highest BCUT2D eigenvalue weighted by molar-refractivity contribution is 5.64. The van der Waals surface area contributed by atoms with Crippen LogP contribution >= 0.6 is 0 Å². The number of anilines is 2. The van der Waals surface area contributed by atoms with Crippen molar-refractivity contribution in [3.63, 3.8) is 0 Å². The SMILES string of the molecule is COc1ccc(CNc2nc(NC(C)(C)C)cc(-c3ccccc3)n2)cc1. The lowest BCUT2D eigenvalue weighted by molar-refractivity contribution is 0.414. The van der Waals surface area contributed by atoms with Crippen LogP contribution < -0.4 is 15.4 Å². The molecule has 1 heterocycles. The third kappa shape index (κ3) is 5.45. The van der Waals surface area contributed by atoms with Crippen LogP contribution in [0.1, 0.15) is 26.3 Å². The third-order valence-electron chi connectivity index (χ3n) is 3.91. The number of nitrogens with zero attached hydrogens (tertiary/aromatic N) is 2. The van der Waals surface area contributed by atoms with Crippen molar-refractivity contribution >= 4 is 11.8 Å². The Morgan fingerprint density at radius 3 is 2.26 bits per heavy atom. The molecule has 0 saturated carbocycles. The predicted octanol–water partition coefficient (Wildman–Crippen LogP) is 4.97.